The second-order valence-electron chi connectivity index (χ2n) is 2.72. The summed E-state index contributed by atoms with van der Waals surface area (Å²) in [5, 5.41) is 2.92. The van der Waals surface area contributed by atoms with Gasteiger partial charge in [-0.15, -0.1) is 0 Å². The molecule has 0 atom stereocenters. The maximum Gasteiger partial charge on any atom is 0.125 e. The summed E-state index contributed by atoms with van der Waals surface area (Å²) in [5.74, 6) is 1.48. The smallest absolute Gasteiger partial charge is 0.125 e. The van der Waals surface area contributed by atoms with E-state index in [2.05, 4.69) is 15.3 Å². The fourth-order valence-electron chi connectivity index (χ4n) is 0.887. The van der Waals surface area contributed by atoms with Crippen LogP contribution in [0.5, 0.6) is 0 Å². The van der Waals surface area contributed by atoms with Crippen LogP contribution >= 0.6 is 0 Å². The van der Waals surface area contributed by atoms with Gasteiger partial charge in [0.25, 0.3) is 0 Å². The van der Waals surface area contributed by atoms with Crippen molar-refractivity contribution in [3.8, 4) is 0 Å². The first kappa shape index (κ1) is 11.0. The summed E-state index contributed by atoms with van der Waals surface area (Å²) in [5.41, 5.74) is 5.25. The molecule has 0 radical (unpaired) electrons. The van der Waals surface area contributed by atoms with Gasteiger partial charge in [0, 0.05) is 19.4 Å². The number of nitrogens with one attached hydrogen (secondary N) is 1. The Balaban J connectivity index is 0.000000151. The van der Waals surface area contributed by atoms with Gasteiger partial charge in [-0.05, 0) is 24.3 Å². The first-order valence-corrected chi connectivity index (χ1v) is 4.58. The Bertz CT molecular complexity index is 361. The minimum atomic E-state index is 0.572. The van der Waals surface area contributed by atoms with Crippen molar-refractivity contribution in [1.82, 2.24) is 9.97 Å². The molecule has 0 aliphatic carbocycles. The molecular formula is C11H14N4. The van der Waals surface area contributed by atoms with E-state index in [0.717, 1.165) is 5.82 Å². The zero-order valence-corrected chi connectivity index (χ0v) is 8.59. The van der Waals surface area contributed by atoms with Gasteiger partial charge in [0.15, 0.2) is 0 Å². The molecule has 0 fully saturated rings. The largest absolute Gasteiger partial charge is 0.384 e. The molecule has 2 rings (SSSR count). The van der Waals surface area contributed by atoms with Gasteiger partial charge >= 0.3 is 0 Å². The topological polar surface area (TPSA) is 63.8 Å². The summed E-state index contributed by atoms with van der Waals surface area (Å²) < 4.78 is 0. The molecule has 0 amide bonds. The van der Waals surface area contributed by atoms with Crippen molar-refractivity contribution in [2.45, 2.75) is 0 Å². The van der Waals surface area contributed by atoms with Crippen molar-refractivity contribution >= 4 is 11.6 Å². The van der Waals surface area contributed by atoms with Crippen LogP contribution in [0.3, 0.4) is 0 Å². The van der Waals surface area contributed by atoms with Crippen molar-refractivity contribution in [1.29, 1.82) is 0 Å². The summed E-state index contributed by atoms with van der Waals surface area (Å²) in [7, 11) is 1.85. The quantitative estimate of drug-likeness (QED) is 0.740. The Morgan fingerprint density at radius 1 is 1.00 bits per heavy atom. The van der Waals surface area contributed by atoms with E-state index in [1.165, 1.54) is 0 Å². The maximum atomic E-state index is 5.25. The van der Waals surface area contributed by atoms with Crippen molar-refractivity contribution < 1.29 is 0 Å². The second-order valence-corrected chi connectivity index (χ2v) is 2.72. The van der Waals surface area contributed by atoms with Crippen LogP contribution in [0, 0.1) is 0 Å². The van der Waals surface area contributed by atoms with Gasteiger partial charge in [-0.2, -0.15) is 0 Å². The summed E-state index contributed by atoms with van der Waals surface area (Å²) in [4.78, 5) is 7.74. The number of pyridine rings is 2. The molecule has 2 heterocycles. The number of aromatic nitrogens is 2. The highest BCUT2D eigenvalue weighted by Crippen LogP contribution is 1.95. The normalized spacial score (nSPS) is 8.60. The lowest BCUT2D eigenvalue weighted by molar-refractivity contribution is 1.29. The van der Waals surface area contributed by atoms with Crippen molar-refractivity contribution in [2.75, 3.05) is 18.1 Å². The number of nitrogens with zero attached hydrogens (tertiary/aromatic N) is 2. The van der Waals surface area contributed by atoms with E-state index in [1.807, 2.05) is 37.4 Å². The summed E-state index contributed by atoms with van der Waals surface area (Å²) in [6.07, 6.45) is 3.42. The maximum absolute atomic E-state index is 5.25. The average molecular weight is 202 g/mol. The first-order valence-electron chi connectivity index (χ1n) is 4.58. The number of hydrogen-bond acceptors (Lipinski definition) is 4. The molecule has 0 unspecified atom stereocenters. The van der Waals surface area contributed by atoms with E-state index in [4.69, 9.17) is 5.73 Å². The van der Waals surface area contributed by atoms with Crippen LogP contribution in [0.2, 0.25) is 0 Å². The first-order chi connectivity index (χ1) is 7.33. The molecule has 0 aromatic carbocycles. The molecule has 0 aliphatic heterocycles. The molecule has 4 heteroatoms. The third-order valence-corrected chi connectivity index (χ3v) is 1.61. The van der Waals surface area contributed by atoms with Gasteiger partial charge in [0.05, 0.1) is 0 Å². The van der Waals surface area contributed by atoms with Crippen LogP contribution in [0.25, 0.3) is 0 Å². The molecule has 0 saturated heterocycles. The van der Waals surface area contributed by atoms with E-state index in [-0.39, 0.29) is 0 Å². The van der Waals surface area contributed by atoms with Crippen molar-refractivity contribution in [2.24, 2.45) is 0 Å². The lowest BCUT2D eigenvalue weighted by Gasteiger charge is -1.92. The lowest BCUT2D eigenvalue weighted by Crippen LogP contribution is -1.88. The molecule has 2 aromatic rings. The molecule has 15 heavy (non-hydrogen) atoms. The average Bonchev–Trinajstić information content (AvgIpc) is 2.32. The predicted molar refractivity (Wildman–Crippen MR) is 62.4 cm³/mol. The molecule has 4 nitrogen and oxygen atoms in total. The zero-order chi connectivity index (χ0) is 10.9. The Morgan fingerprint density at radius 3 is 1.93 bits per heavy atom. The Hall–Kier alpha value is -2.10. The van der Waals surface area contributed by atoms with Crippen LogP contribution in [0.1, 0.15) is 0 Å². The van der Waals surface area contributed by atoms with Gasteiger partial charge < -0.3 is 11.1 Å². The fourth-order valence-corrected chi connectivity index (χ4v) is 0.887. The molecule has 78 valence electrons. The minimum absolute atomic E-state index is 0.572. The molecule has 2 aromatic heterocycles. The van der Waals surface area contributed by atoms with E-state index < -0.39 is 0 Å². The van der Waals surface area contributed by atoms with Gasteiger partial charge in [-0.3, -0.25) is 0 Å². The molecule has 0 bridgehead atoms. The molecule has 0 aliphatic rings. The number of rotatable bonds is 1. The molecule has 0 saturated carbocycles. The van der Waals surface area contributed by atoms with Crippen LogP contribution < -0.4 is 11.1 Å². The van der Waals surface area contributed by atoms with Crippen molar-refractivity contribution in [3.63, 3.8) is 0 Å². The zero-order valence-electron chi connectivity index (χ0n) is 8.59. The number of nitrogens with two attached hydrogens (primary N) is 1. The molecular weight excluding hydrogens is 188 g/mol. The fraction of sp³-hybridized carbons (Fsp3) is 0.0909. The number of hydrogen-bond donors (Lipinski definition) is 2. The highest BCUT2D eigenvalue weighted by molar-refractivity contribution is 5.31. The Kier molecular flexibility index (Phi) is 4.66. The number of anilines is 2. The van der Waals surface area contributed by atoms with Crippen LogP contribution in [0.15, 0.2) is 48.8 Å². The Labute approximate surface area is 89.2 Å². The SMILES string of the molecule is CNc1ccccn1.Nc1ccccn1. The van der Waals surface area contributed by atoms with Gasteiger partial charge in [0.2, 0.25) is 0 Å². The van der Waals surface area contributed by atoms with Gasteiger partial charge in [-0.25, -0.2) is 9.97 Å². The predicted octanol–water partition coefficient (Wildman–Crippen LogP) is 1.79. The monoisotopic (exact) mass is 202 g/mol. The van der Waals surface area contributed by atoms with Crippen molar-refractivity contribution in [3.05, 3.63) is 48.8 Å². The molecule has 0 spiro atoms. The van der Waals surface area contributed by atoms with Crippen LogP contribution in [-0.4, -0.2) is 17.0 Å². The highest BCUT2D eigenvalue weighted by atomic mass is 14.9. The summed E-state index contributed by atoms with van der Waals surface area (Å²) in [6, 6.07) is 11.2. The van der Waals surface area contributed by atoms with Crippen LogP contribution in [0.4, 0.5) is 11.6 Å². The standard InChI is InChI=1S/C6H8N2.C5H6N2/c1-7-6-4-2-3-5-8-6;6-5-3-1-2-4-7-5/h2-5H,1H3,(H,7,8);1-4H,(H2,6,7). The van der Waals surface area contributed by atoms with E-state index >= 15 is 0 Å². The summed E-state index contributed by atoms with van der Waals surface area (Å²) in [6.45, 7) is 0. The van der Waals surface area contributed by atoms with Crippen LogP contribution in [-0.2, 0) is 0 Å². The van der Waals surface area contributed by atoms with E-state index in [9.17, 15) is 0 Å². The van der Waals surface area contributed by atoms with Gasteiger partial charge in [0.1, 0.15) is 11.6 Å². The Morgan fingerprint density at radius 2 is 1.67 bits per heavy atom. The third kappa shape index (κ3) is 4.61. The minimum Gasteiger partial charge on any atom is -0.384 e. The molecule has 3 N–H and O–H groups in total. The third-order valence-electron chi connectivity index (χ3n) is 1.61. The number of nitrogen functional groups attached to an aromatic ring is 1. The van der Waals surface area contributed by atoms with E-state index in [0.29, 0.717) is 5.82 Å². The highest BCUT2D eigenvalue weighted by Gasteiger charge is 1.79. The summed E-state index contributed by atoms with van der Waals surface area (Å²) >= 11 is 0. The van der Waals surface area contributed by atoms with E-state index in [1.54, 1.807) is 18.5 Å². The second kappa shape index (κ2) is 6.37. The van der Waals surface area contributed by atoms with Gasteiger partial charge in [-0.1, -0.05) is 12.1 Å². The lowest BCUT2D eigenvalue weighted by atomic mass is 10.5.